The summed E-state index contributed by atoms with van der Waals surface area (Å²) in [5, 5.41) is -0.192. The third-order valence-electron chi connectivity index (χ3n) is 2.44. The molecule has 112 valence electrons. The Morgan fingerprint density at radius 3 is 2.70 bits per heavy atom. The van der Waals surface area contributed by atoms with Crippen LogP contribution >= 0.6 is 11.6 Å². The molecule has 6 nitrogen and oxygen atoms in total. The zero-order valence-corrected chi connectivity index (χ0v) is 12.5. The number of benzene rings is 1. The van der Waals surface area contributed by atoms with E-state index in [-0.39, 0.29) is 23.7 Å². The van der Waals surface area contributed by atoms with Gasteiger partial charge in [0.05, 0.1) is 24.2 Å². The van der Waals surface area contributed by atoms with Crippen LogP contribution in [0.1, 0.15) is 6.42 Å². The summed E-state index contributed by atoms with van der Waals surface area (Å²) >= 11 is 5.56. The average Bonchev–Trinajstić information content (AvgIpc) is 2.39. The monoisotopic (exact) mass is 324 g/mol. The minimum absolute atomic E-state index is 0.0447. The summed E-state index contributed by atoms with van der Waals surface area (Å²) in [6.07, 6.45) is -0.0713. The SMILES string of the molecule is COC(=O)CCN(C)S(=O)(=O)Nc1ccc(F)c(Cl)c1. The molecule has 1 aromatic carbocycles. The molecule has 0 aliphatic carbocycles. The van der Waals surface area contributed by atoms with Crippen molar-refractivity contribution in [2.45, 2.75) is 6.42 Å². The van der Waals surface area contributed by atoms with Crippen LogP contribution in [0.5, 0.6) is 0 Å². The van der Waals surface area contributed by atoms with Crippen LogP contribution in [0.2, 0.25) is 5.02 Å². The molecule has 0 radical (unpaired) electrons. The smallest absolute Gasteiger partial charge is 0.306 e. The standard InChI is InChI=1S/C11H14ClFN2O4S/c1-15(6-5-11(16)19-2)20(17,18)14-8-3-4-10(13)9(12)7-8/h3-4,7,14H,5-6H2,1-2H3. The molecule has 0 spiro atoms. The van der Waals surface area contributed by atoms with Gasteiger partial charge in [-0.2, -0.15) is 12.7 Å². The highest BCUT2D eigenvalue weighted by Gasteiger charge is 2.19. The molecule has 0 aromatic heterocycles. The van der Waals surface area contributed by atoms with Crippen LogP contribution in [0.3, 0.4) is 0 Å². The Kier molecular flexibility index (Phi) is 5.73. The molecule has 20 heavy (non-hydrogen) atoms. The highest BCUT2D eigenvalue weighted by molar-refractivity contribution is 7.90. The number of rotatable bonds is 6. The van der Waals surface area contributed by atoms with Crippen LogP contribution in [-0.2, 0) is 19.7 Å². The van der Waals surface area contributed by atoms with Crippen LogP contribution in [0.15, 0.2) is 18.2 Å². The number of carbonyl (C=O) groups excluding carboxylic acids is 1. The van der Waals surface area contributed by atoms with Gasteiger partial charge in [-0.1, -0.05) is 11.6 Å². The van der Waals surface area contributed by atoms with Gasteiger partial charge in [0, 0.05) is 13.6 Å². The van der Waals surface area contributed by atoms with Crippen molar-refractivity contribution >= 4 is 33.5 Å². The Morgan fingerprint density at radius 1 is 1.50 bits per heavy atom. The lowest BCUT2D eigenvalue weighted by molar-refractivity contribution is -0.140. The molecule has 0 atom stereocenters. The van der Waals surface area contributed by atoms with E-state index in [1.165, 1.54) is 20.2 Å². The molecular weight excluding hydrogens is 311 g/mol. The number of nitrogens with zero attached hydrogens (tertiary/aromatic N) is 1. The van der Waals surface area contributed by atoms with Gasteiger partial charge in [0.2, 0.25) is 0 Å². The Hall–Kier alpha value is -1.38. The molecule has 0 bridgehead atoms. The molecule has 0 aliphatic heterocycles. The summed E-state index contributed by atoms with van der Waals surface area (Å²) in [6, 6.07) is 3.45. The Labute approximate surface area is 121 Å². The number of hydrogen-bond acceptors (Lipinski definition) is 4. The van der Waals surface area contributed by atoms with Crippen LogP contribution in [0.25, 0.3) is 0 Å². The van der Waals surface area contributed by atoms with Gasteiger partial charge < -0.3 is 4.74 Å². The van der Waals surface area contributed by atoms with Gasteiger partial charge in [-0.25, -0.2) is 4.39 Å². The van der Waals surface area contributed by atoms with E-state index in [0.717, 1.165) is 16.4 Å². The largest absolute Gasteiger partial charge is 0.469 e. The van der Waals surface area contributed by atoms with E-state index in [9.17, 15) is 17.6 Å². The van der Waals surface area contributed by atoms with E-state index in [1.807, 2.05) is 0 Å². The summed E-state index contributed by atoms with van der Waals surface area (Å²) in [5.74, 6) is -1.16. The normalized spacial score (nSPS) is 11.4. The fourth-order valence-electron chi connectivity index (χ4n) is 1.26. The van der Waals surface area contributed by atoms with Crippen molar-refractivity contribution in [1.29, 1.82) is 0 Å². The van der Waals surface area contributed by atoms with Gasteiger partial charge in [0.1, 0.15) is 5.82 Å². The molecule has 0 amide bonds. The summed E-state index contributed by atoms with van der Waals surface area (Å²) in [7, 11) is -1.33. The van der Waals surface area contributed by atoms with Gasteiger partial charge in [-0.05, 0) is 18.2 Å². The van der Waals surface area contributed by atoms with E-state index in [4.69, 9.17) is 11.6 Å². The molecule has 1 aromatic rings. The minimum atomic E-state index is -3.85. The lowest BCUT2D eigenvalue weighted by Gasteiger charge is -2.17. The minimum Gasteiger partial charge on any atom is -0.469 e. The molecule has 0 unspecified atom stereocenters. The van der Waals surface area contributed by atoms with Gasteiger partial charge >= 0.3 is 16.2 Å². The maximum absolute atomic E-state index is 13.0. The summed E-state index contributed by atoms with van der Waals surface area (Å²) in [4.78, 5) is 11.0. The van der Waals surface area contributed by atoms with Gasteiger partial charge in [0.25, 0.3) is 0 Å². The summed E-state index contributed by atoms with van der Waals surface area (Å²) < 4.78 is 44.4. The van der Waals surface area contributed by atoms with Crippen molar-refractivity contribution in [1.82, 2.24) is 4.31 Å². The highest BCUT2D eigenvalue weighted by atomic mass is 35.5. The number of methoxy groups -OCH3 is 1. The van der Waals surface area contributed by atoms with E-state index in [2.05, 4.69) is 9.46 Å². The first-order valence-electron chi connectivity index (χ1n) is 5.52. The number of halogens is 2. The number of nitrogens with one attached hydrogen (secondary N) is 1. The van der Waals surface area contributed by atoms with Crippen LogP contribution < -0.4 is 4.72 Å². The second-order valence-corrected chi connectivity index (χ2v) is 6.07. The van der Waals surface area contributed by atoms with Crippen molar-refractivity contribution in [3.63, 3.8) is 0 Å². The number of anilines is 1. The predicted molar refractivity (Wildman–Crippen MR) is 73.2 cm³/mol. The summed E-state index contributed by atoms with van der Waals surface area (Å²) in [6.45, 7) is -0.0447. The maximum Gasteiger partial charge on any atom is 0.306 e. The second-order valence-electron chi connectivity index (χ2n) is 3.88. The van der Waals surface area contributed by atoms with Crippen molar-refractivity contribution in [3.8, 4) is 0 Å². The van der Waals surface area contributed by atoms with Crippen molar-refractivity contribution in [2.75, 3.05) is 25.4 Å². The van der Waals surface area contributed by atoms with E-state index in [0.29, 0.717) is 0 Å². The van der Waals surface area contributed by atoms with Crippen molar-refractivity contribution < 1.29 is 22.3 Å². The number of hydrogen-bond donors (Lipinski definition) is 1. The topological polar surface area (TPSA) is 75.7 Å². The molecular formula is C11H14ClFN2O4S. The van der Waals surface area contributed by atoms with Crippen molar-refractivity contribution in [2.24, 2.45) is 0 Å². The Balaban J connectivity index is 2.73. The third-order valence-corrected chi connectivity index (χ3v) is 4.22. The first kappa shape index (κ1) is 16.7. The third kappa shape index (κ3) is 4.62. The molecule has 0 fully saturated rings. The lowest BCUT2D eigenvalue weighted by Crippen LogP contribution is -2.34. The molecule has 9 heteroatoms. The number of ether oxygens (including phenoxy) is 1. The zero-order valence-electron chi connectivity index (χ0n) is 10.9. The van der Waals surface area contributed by atoms with Gasteiger partial charge in [-0.15, -0.1) is 0 Å². The predicted octanol–water partition coefficient (Wildman–Crippen LogP) is 1.63. The Morgan fingerprint density at radius 2 is 2.15 bits per heavy atom. The highest BCUT2D eigenvalue weighted by Crippen LogP contribution is 2.20. The lowest BCUT2D eigenvalue weighted by atomic mass is 10.3. The quantitative estimate of drug-likeness (QED) is 0.807. The molecule has 1 rings (SSSR count). The maximum atomic E-state index is 13.0. The first-order valence-corrected chi connectivity index (χ1v) is 7.34. The summed E-state index contributed by atoms with van der Waals surface area (Å²) in [5.41, 5.74) is 0.126. The van der Waals surface area contributed by atoms with E-state index >= 15 is 0 Å². The van der Waals surface area contributed by atoms with Crippen LogP contribution in [-0.4, -0.2) is 39.4 Å². The fourth-order valence-corrected chi connectivity index (χ4v) is 2.35. The first-order chi connectivity index (χ1) is 9.26. The second kappa shape index (κ2) is 6.87. The zero-order chi connectivity index (χ0) is 15.3. The van der Waals surface area contributed by atoms with E-state index in [1.54, 1.807) is 0 Å². The number of carbonyl (C=O) groups is 1. The van der Waals surface area contributed by atoms with Gasteiger partial charge in [-0.3, -0.25) is 9.52 Å². The Bertz CT molecular complexity index is 594. The average molecular weight is 325 g/mol. The van der Waals surface area contributed by atoms with Gasteiger partial charge in [0.15, 0.2) is 0 Å². The van der Waals surface area contributed by atoms with Crippen molar-refractivity contribution in [3.05, 3.63) is 29.0 Å². The molecule has 1 N–H and O–H groups in total. The number of esters is 1. The molecule has 0 saturated heterocycles. The molecule has 0 aliphatic rings. The molecule has 0 heterocycles. The van der Waals surface area contributed by atoms with Crippen LogP contribution in [0.4, 0.5) is 10.1 Å². The molecule has 0 saturated carbocycles. The van der Waals surface area contributed by atoms with Crippen LogP contribution in [0, 0.1) is 5.82 Å². The van der Waals surface area contributed by atoms with E-state index < -0.39 is 22.0 Å². The fraction of sp³-hybridized carbons (Fsp3) is 0.364.